The van der Waals surface area contributed by atoms with Crippen LogP contribution in [0.4, 0.5) is 0 Å². The summed E-state index contributed by atoms with van der Waals surface area (Å²) in [6.45, 7) is 1.94. The van der Waals surface area contributed by atoms with Crippen LogP contribution in [0.3, 0.4) is 0 Å². The highest BCUT2D eigenvalue weighted by molar-refractivity contribution is 7.19. The van der Waals surface area contributed by atoms with Crippen LogP contribution in [0.2, 0.25) is 4.34 Å². The van der Waals surface area contributed by atoms with Gasteiger partial charge in [0.15, 0.2) is 17.2 Å². The van der Waals surface area contributed by atoms with Gasteiger partial charge in [-0.15, -0.1) is 11.3 Å². The molecule has 0 unspecified atom stereocenters. The third-order valence-corrected chi connectivity index (χ3v) is 7.72. The molecule has 0 aromatic carbocycles. The fraction of sp³-hybridized carbons (Fsp3) is 0.192. The lowest BCUT2D eigenvalue weighted by Crippen LogP contribution is -2.34. The summed E-state index contributed by atoms with van der Waals surface area (Å²) >= 11 is 7.68. The summed E-state index contributed by atoms with van der Waals surface area (Å²) in [7, 11) is 0. The number of hydrogen-bond acceptors (Lipinski definition) is 8. The van der Waals surface area contributed by atoms with Gasteiger partial charge < -0.3 is 15.0 Å². The van der Waals surface area contributed by atoms with Gasteiger partial charge in [-0.1, -0.05) is 11.6 Å². The molecule has 0 spiro atoms. The second-order valence-corrected chi connectivity index (χ2v) is 10.6. The standard InChI is InChI=1S/C26H21ClN8OS/c27-21-4-3-20(37-21)17-7-10-30-25-22(17)32-26(33-25)24-23-19(34-35-24)2-1-18(31-23)14-11-16(13-29-12-14)36-15-5-8-28-9-6-15/h1-4,7,10-13,15,28H,5-6,8-9H2,(H,34,35)(H,30,32,33). The second-order valence-electron chi connectivity index (χ2n) is 8.89. The number of ether oxygens (including phenoxy) is 1. The van der Waals surface area contributed by atoms with Crippen molar-refractivity contribution in [3.63, 3.8) is 0 Å². The van der Waals surface area contributed by atoms with Crippen LogP contribution in [0, 0.1) is 0 Å². The highest BCUT2D eigenvalue weighted by atomic mass is 35.5. The summed E-state index contributed by atoms with van der Waals surface area (Å²) in [5, 5.41) is 11.0. The van der Waals surface area contributed by atoms with Crippen molar-refractivity contribution < 1.29 is 4.74 Å². The van der Waals surface area contributed by atoms with E-state index in [1.807, 2.05) is 36.4 Å². The number of thiophene rings is 1. The fourth-order valence-corrected chi connectivity index (χ4v) is 5.70. The summed E-state index contributed by atoms with van der Waals surface area (Å²) in [6, 6.07) is 11.7. The zero-order valence-electron chi connectivity index (χ0n) is 19.5. The van der Waals surface area contributed by atoms with E-state index >= 15 is 0 Å². The summed E-state index contributed by atoms with van der Waals surface area (Å²) in [5.41, 5.74) is 6.21. The Hall–Kier alpha value is -3.86. The van der Waals surface area contributed by atoms with Crippen molar-refractivity contribution in [1.82, 2.24) is 40.4 Å². The molecule has 7 rings (SSSR count). The van der Waals surface area contributed by atoms with E-state index in [9.17, 15) is 0 Å². The van der Waals surface area contributed by atoms with Crippen LogP contribution in [0.5, 0.6) is 5.75 Å². The van der Waals surface area contributed by atoms with Gasteiger partial charge in [0, 0.05) is 28.4 Å². The van der Waals surface area contributed by atoms with Crippen molar-refractivity contribution in [1.29, 1.82) is 0 Å². The Morgan fingerprint density at radius 2 is 1.92 bits per heavy atom. The highest BCUT2D eigenvalue weighted by Crippen LogP contribution is 2.35. The molecule has 0 radical (unpaired) electrons. The predicted octanol–water partition coefficient (Wildman–Crippen LogP) is 5.47. The number of imidazole rings is 1. The maximum absolute atomic E-state index is 6.19. The quantitative estimate of drug-likeness (QED) is 0.271. The Balaban J connectivity index is 1.26. The fourth-order valence-electron chi connectivity index (χ4n) is 4.63. The van der Waals surface area contributed by atoms with Crippen LogP contribution in [0.1, 0.15) is 12.8 Å². The number of aromatic nitrogens is 7. The van der Waals surface area contributed by atoms with Crippen molar-refractivity contribution in [2.24, 2.45) is 0 Å². The predicted molar refractivity (Wildman–Crippen MR) is 145 cm³/mol. The van der Waals surface area contributed by atoms with E-state index in [1.165, 1.54) is 11.3 Å². The molecular formula is C26H21ClN8OS. The molecule has 3 N–H and O–H groups in total. The van der Waals surface area contributed by atoms with Crippen molar-refractivity contribution in [2.45, 2.75) is 18.9 Å². The smallest absolute Gasteiger partial charge is 0.162 e. The molecule has 9 nitrogen and oxygen atoms in total. The normalized spacial score (nSPS) is 14.5. The number of aromatic amines is 2. The average molecular weight is 529 g/mol. The maximum atomic E-state index is 6.19. The minimum absolute atomic E-state index is 0.200. The topological polar surface area (TPSA) is 117 Å². The van der Waals surface area contributed by atoms with Crippen molar-refractivity contribution in [2.75, 3.05) is 13.1 Å². The number of fused-ring (bicyclic) bond motifs is 2. The molecule has 1 fully saturated rings. The van der Waals surface area contributed by atoms with E-state index in [1.54, 1.807) is 18.6 Å². The van der Waals surface area contributed by atoms with Gasteiger partial charge in [-0.05, 0) is 62.3 Å². The van der Waals surface area contributed by atoms with Crippen molar-refractivity contribution >= 4 is 45.1 Å². The first-order valence-corrected chi connectivity index (χ1v) is 13.2. The highest BCUT2D eigenvalue weighted by Gasteiger charge is 2.19. The van der Waals surface area contributed by atoms with Crippen molar-refractivity contribution in [3.05, 3.63) is 59.3 Å². The Kier molecular flexibility index (Phi) is 5.57. The van der Waals surface area contributed by atoms with Gasteiger partial charge in [-0.25, -0.2) is 15.0 Å². The van der Waals surface area contributed by atoms with Crippen LogP contribution in [-0.2, 0) is 0 Å². The molecule has 7 heterocycles. The molecular weight excluding hydrogens is 508 g/mol. The number of H-pyrrole nitrogens is 2. The summed E-state index contributed by atoms with van der Waals surface area (Å²) in [4.78, 5) is 23.0. The third kappa shape index (κ3) is 4.22. The first-order chi connectivity index (χ1) is 18.2. The average Bonchev–Trinajstić information content (AvgIpc) is 3.66. The van der Waals surface area contributed by atoms with E-state index < -0.39 is 0 Å². The van der Waals surface area contributed by atoms with Crippen LogP contribution in [0.25, 0.3) is 55.4 Å². The van der Waals surface area contributed by atoms with E-state index in [-0.39, 0.29) is 6.10 Å². The van der Waals surface area contributed by atoms with E-state index in [0.717, 1.165) is 68.7 Å². The first kappa shape index (κ1) is 22.3. The maximum Gasteiger partial charge on any atom is 0.162 e. The minimum atomic E-state index is 0.200. The number of piperidine rings is 1. The van der Waals surface area contributed by atoms with Crippen molar-refractivity contribution in [3.8, 4) is 39.0 Å². The second kappa shape index (κ2) is 9.22. The number of hydrogen-bond donors (Lipinski definition) is 3. The van der Waals surface area contributed by atoms with E-state index in [2.05, 4.69) is 30.5 Å². The molecule has 1 aliphatic heterocycles. The Morgan fingerprint density at radius 1 is 1.00 bits per heavy atom. The molecule has 0 aliphatic carbocycles. The molecule has 6 aromatic heterocycles. The van der Waals surface area contributed by atoms with Gasteiger partial charge >= 0.3 is 0 Å². The number of rotatable bonds is 5. The molecule has 0 saturated carbocycles. The lowest BCUT2D eigenvalue weighted by atomic mass is 10.1. The molecule has 1 saturated heterocycles. The van der Waals surface area contributed by atoms with Crippen LogP contribution < -0.4 is 10.1 Å². The molecule has 1 aliphatic rings. The molecule has 37 heavy (non-hydrogen) atoms. The molecule has 0 amide bonds. The number of halogens is 1. The lowest BCUT2D eigenvalue weighted by molar-refractivity contribution is 0.162. The molecule has 6 aromatic rings. The molecule has 184 valence electrons. The SMILES string of the molecule is Clc1ccc(-c2ccnc3[nH]c(-c4n[nH]c5ccc(-c6cncc(OC7CCNCC7)c6)nc45)nc23)s1. The van der Waals surface area contributed by atoms with Gasteiger partial charge in [-0.3, -0.25) is 10.1 Å². The monoisotopic (exact) mass is 528 g/mol. The Labute approximate surface area is 220 Å². The van der Waals surface area contributed by atoms with Crippen LogP contribution >= 0.6 is 22.9 Å². The summed E-state index contributed by atoms with van der Waals surface area (Å²) in [6.07, 6.45) is 7.49. The van der Waals surface area contributed by atoms with E-state index in [4.69, 9.17) is 26.3 Å². The minimum Gasteiger partial charge on any atom is -0.489 e. The number of nitrogens with one attached hydrogen (secondary N) is 3. The molecule has 11 heteroatoms. The zero-order chi connectivity index (χ0) is 24.8. The van der Waals surface area contributed by atoms with E-state index in [0.29, 0.717) is 22.7 Å². The van der Waals surface area contributed by atoms with Gasteiger partial charge in [0.2, 0.25) is 0 Å². The number of pyridine rings is 3. The summed E-state index contributed by atoms with van der Waals surface area (Å²) < 4.78 is 6.91. The lowest BCUT2D eigenvalue weighted by Gasteiger charge is -2.23. The largest absolute Gasteiger partial charge is 0.489 e. The van der Waals surface area contributed by atoms with Crippen LogP contribution in [-0.4, -0.2) is 54.3 Å². The Bertz CT molecular complexity index is 1740. The number of nitrogens with zero attached hydrogens (tertiary/aromatic N) is 5. The van der Waals surface area contributed by atoms with Gasteiger partial charge in [-0.2, -0.15) is 5.10 Å². The first-order valence-electron chi connectivity index (χ1n) is 12.0. The third-order valence-electron chi connectivity index (χ3n) is 6.45. The molecule has 0 bridgehead atoms. The van der Waals surface area contributed by atoms with Gasteiger partial charge in [0.05, 0.1) is 21.7 Å². The van der Waals surface area contributed by atoms with Gasteiger partial charge in [0.1, 0.15) is 22.9 Å². The Morgan fingerprint density at radius 3 is 2.78 bits per heavy atom. The van der Waals surface area contributed by atoms with Crippen LogP contribution in [0.15, 0.2) is 55.0 Å². The molecule has 0 atom stereocenters. The summed E-state index contributed by atoms with van der Waals surface area (Å²) in [5.74, 6) is 1.35. The zero-order valence-corrected chi connectivity index (χ0v) is 21.1. The van der Waals surface area contributed by atoms with Gasteiger partial charge in [0.25, 0.3) is 0 Å².